The zero-order valence-corrected chi connectivity index (χ0v) is 8.28. The molecule has 1 aromatic heterocycles. The first-order chi connectivity index (χ1) is 6.22. The lowest BCUT2D eigenvalue weighted by atomic mass is 10.2. The largest absolute Gasteiger partial charge is 0.397 e. The molecule has 0 aliphatic heterocycles. The number of Topliss-reactive ketones (excluding diaryl/α,β-unsaturated/α-hetero) is 1. The van der Waals surface area contributed by atoms with Crippen molar-refractivity contribution in [2.45, 2.75) is 17.9 Å². The van der Waals surface area contributed by atoms with Crippen LogP contribution in [0.25, 0.3) is 0 Å². The van der Waals surface area contributed by atoms with Crippen LogP contribution in [-0.4, -0.2) is 17.0 Å². The van der Waals surface area contributed by atoms with Gasteiger partial charge in [-0.25, -0.2) is 0 Å². The van der Waals surface area contributed by atoms with E-state index in [4.69, 9.17) is 5.73 Å². The molecule has 3 N–H and O–H groups in total. The van der Waals surface area contributed by atoms with Crippen LogP contribution in [-0.2, 0) is 0 Å². The Bertz CT molecular complexity index is 341. The van der Waals surface area contributed by atoms with Crippen molar-refractivity contribution in [3.63, 3.8) is 0 Å². The summed E-state index contributed by atoms with van der Waals surface area (Å²) in [6, 6.07) is 1.74. The molecule has 1 heterocycles. The van der Waals surface area contributed by atoms with Gasteiger partial charge in [0.05, 0.1) is 16.4 Å². The van der Waals surface area contributed by atoms with Crippen LogP contribution in [0.5, 0.6) is 0 Å². The van der Waals surface area contributed by atoms with Crippen LogP contribution >= 0.6 is 11.8 Å². The summed E-state index contributed by atoms with van der Waals surface area (Å²) in [5, 5.41) is 0.893. The Labute approximate surface area is 81.1 Å². The number of nitrogen functional groups attached to an aromatic ring is 1. The smallest absolute Gasteiger partial charge is 0.182 e. The molecule has 13 heavy (non-hydrogen) atoms. The molecule has 70 valence electrons. The van der Waals surface area contributed by atoms with Gasteiger partial charge in [0.25, 0.3) is 0 Å². The zero-order chi connectivity index (χ0) is 9.42. The molecule has 1 aromatic rings. The molecule has 1 saturated carbocycles. The number of aromatic amines is 1. The number of anilines is 1. The fraction of sp³-hybridized carbons (Fsp3) is 0.444. The molecule has 0 aromatic carbocycles. The first-order valence-corrected chi connectivity index (χ1v) is 5.51. The third-order valence-electron chi connectivity index (χ3n) is 2.23. The van der Waals surface area contributed by atoms with Crippen molar-refractivity contribution in [2.24, 2.45) is 5.92 Å². The van der Waals surface area contributed by atoms with Gasteiger partial charge in [0.2, 0.25) is 0 Å². The Balaban J connectivity index is 2.24. The highest BCUT2D eigenvalue weighted by atomic mass is 32.2. The maximum atomic E-state index is 11.6. The number of nitrogens with one attached hydrogen (secondary N) is 1. The fourth-order valence-electron chi connectivity index (χ4n) is 1.32. The molecule has 0 atom stereocenters. The van der Waals surface area contributed by atoms with E-state index in [0.717, 1.165) is 17.9 Å². The second-order valence-corrected chi connectivity index (χ2v) is 4.13. The van der Waals surface area contributed by atoms with Crippen molar-refractivity contribution in [1.82, 2.24) is 4.98 Å². The molecule has 1 fully saturated rings. The van der Waals surface area contributed by atoms with E-state index in [2.05, 4.69) is 4.98 Å². The molecule has 0 radical (unpaired) electrons. The highest BCUT2D eigenvalue weighted by molar-refractivity contribution is 7.98. The number of nitrogens with two attached hydrogens (primary N) is 1. The Kier molecular flexibility index (Phi) is 2.07. The average molecular weight is 196 g/mol. The topological polar surface area (TPSA) is 58.9 Å². The summed E-state index contributed by atoms with van der Waals surface area (Å²) in [7, 11) is 0. The van der Waals surface area contributed by atoms with Gasteiger partial charge in [0, 0.05) is 5.92 Å². The van der Waals surface area contributed by atoms with Crippen molar-refractivity contribution in [1.29, 1.82) is 0 Å². The first-order valence-electron chi connectivity index (χ1n) is 4.29. The Morgan fingerprint density at radius 3 is 2.85 bits per heavy atom. The van der Waals surface area contributed by atoms with Crippen LogP contribution in [0.2, 0.25) is 0 Å². The number of ketones is 1. The van der Waals surface area contributed by atoms with Gasteiger partial charge in [-0.3, -0.25) is 4.79 Å². The molecular formula is C9H12N2OS. The van der Waals surface area contributed by atoms with Gasteiger partial charge in [-0.05, 0) is 25.2 Å². The minimum absolute atomic E-state index is 0.215. The van der Waals surface area contributed by atoms with Crippen LogP contribution in [0.4, 0.5) is 5.69 Å². The molecular weight excluding hydrogens is 184 g/mol. The molecule has 2 rings (SSSR count). The van der Waals surface area contributed by atoms with E-state index in [9.17, 15) is 4.79 Å². The van der Waals surface area contributed by atoms with Gasteiger partial charge >= 0.3 is 0 Å². The number of rotatable bonds is 3. The fourth-order valence-corrected chi connectivity index (χ4v) is 1.83. The third-order valence-corrected chi connectivity index (χ3v) is 2.97. The van der Waals surface area contributed by atoms with E-state index in [-0.39, 0.29) is 11.7 Å². The van der Waals surface area contributed by atoms with Crippen molar-refractivity contribution in [2.75, 3.05) is 12.0 Å². The predicted molar refractivity (Wildman–Crippen MR) is 54.0 cm³/mol. The Morgan fingerprint density at radius 2 is 2.38 bits per heavy atom. The maximum Gasteiger partial charge on any atom is 0.182 e. The molecule has 0 amide bonds. The number of carbonyl (C=O) groups is 1. The van der Waals surface area contributed by atoms with Crippen molar-refractivity contribution in [3.05, 3.63) is 11.8 Å². The molecule has 3 nitrogen and oxygen atoms in total. The maximum absolute atomic E-state index is 11.6. The number of aromatic nitrogens is 1. The molecule has 0 saturated heterocycles. The van der Waals surface area contributed by atoms with Crippen molar-refractivity contribution >= 4 is 23.2 Å². The summed E-state index contributed by atoms with van der Waals surface area (Å²) >= 11 is 1.53. The first kappa shape index (κ1) is 8.69. The van der Waals surface area contributed by atoms with Crippen LogP contribution in [0.3, 0.4) is 0 Å². The molecule has 1 aliphatic rings. The van der Waals surface area contributed by atoms with Crippen molar-refractivity contribution in [3.8, 4) is 0 Å². The highest BCUT2D eigenvalue weighted by Crippen LogP contribution is 2.34. The Hall–Kier alpha value is -0.900. The average Bonchev–Trinajstić information content (AvgIpc) is 2.89. The Morgan fingerprint density at radius 1 is 1.69 bits per heavy atom. The number of hydrogen-bond acceptors (Lipinski definition) is 3. The molecule has 1 aliphatic carbocycles. The summed E-state index contributed by atoms with van der Waals surface area (Å²) in [6.07, 6.45) is 4.01. The SMILES string of the molecule is CSc1[nH]c(C(=O)C2CC2)cc1N. The van der Waals surface area contributed by atoms with E-state index in [0.29, 0.717) is 11.4 Å². The summed E-state index contributed by atoms with van der Waals surface area (Å²) in [5.74, 6) is 0.472. The molecule has 4 heteroatoms. The van der Waals surface area contributed by atoms with Crippen LogP contribution in [0, 0.1) is 5.92 Å². The summed E-state index contributed by atoms with van der Waals surface area (Å²) in [5.41, 5.74) is 7.05. The van der Waals surface area contributed by atoms with Crippen LogP contribution in [0.1, 0.15) is 23.3 Å². The summed E-state index contributed by atoms with van der Waals surface area (Å²) in [6.45, 7) is 0. The second kappa shape index (κ2) is 3.10. The van der Waals surface area contributed by atoms with Crippen LogP contribution < -0.4 is 5.73 Å². The van der Waals surface area contributed by atoms with E-state index in [1.54, 1.807) is 6.07 Å². The van der Waals surface area contributed by atoms with Gasteiger partial charge in [-0.15, -0.1) is 11.8 Å². The second-order valence-electron chi connectivity index (χ2n) is 3.31. The van der Waals surface area contributed by atoms with Crippen molar-refractivity contribution < 1.29 is 4.79 Å². The van der Waals surface area contributed by atoms with Gasteiger partial charge in [0.1, 0.15) is 0 Å². The van der Waals surface area contributed by atoms with E-state index in [1.165, 1.54) is 11.8 Å². The van der Waals surface area contributed by atoms with E-state index in [1.807, 2.05) is 6.26 Å². The lowest BCUT2D eigenvalue weighted by molar-refractivity contribution is 0.0963. The zero-order valence-electron chi connectivity index (χ0n) is 7.46. The highest BCUT2D eigenvalue weighted by Gasteiger charge is 2.31. The van der Waals surface area contributed by atoms with Gasteiger partial charge in [0.15, 0.2) is 5.78 Å². The van der Waals surface area contributed by atoms with E-state index < -0.39 is 0 Å². The number of thioether (sulfide) groups is 1. The van der Waals surface area contributed by atoms with Gasteiger partial charge < -0.3 is 10.7 Å². The molecule has 0 bridgehead atoms. The normalized spacial score (nSPS) is 16.1. The van der Waals surface area contributed by atoms with Gasteiger partial charge in [-0.2, -0.15) is 0 Å². The van der Waals surface area contributed by atoms with Gasteiger partial charge in [-0.1, -0.05) is 0 Å². The lowest BCUT2D eigenvalue weighted by Gasteiger charge is -1.92. The molecule has 0 unspecified atom stereocenters. The minimum Gasteiger partial charge on any atom is -0.397 e. The molecule has 0 spiro atoms. The monoisotopic (exact) mass is 196 g/mol. The van der Waals surface area contributed by atoms with Crippen LogP contribution in [0.15, 0.2) is 11.1 Å². The van der Waals surface area contributed by atoms with E-state index >= 15 is 0 Å². The summed E-state index contributed by atoms with van der Waals surface area (Å²) in [4.78, 5) is 14.6. The third kappa shape index (κ3) is 1.58. The standard InChI is InChI=1S/C9H12N2OS/c1-13-9-6(10)4-7(11-9)8(12)5-2-3-5/h4-5,11H,2-3,10H2,1H3. The quantitative estimate of drug-likeness (QED) is 0.573. The predicted octanol–water partition coefficient (Wildman–Crippen LogP) is 1.91. The number of H-pyrrole nitrogens is 1. The lowest BCUT2D eigenvalue weighted by Crippen LogP contribution is -2.00. The minimum atomic E-state index is 0.215. The number of carbonyl (C=O) groups excluding carboxylic acids is 1. The number of hydrogen-bond donors (Lipinski definition) is 2. The summed E-state index contributed by atoms with van der Waals surface area (Å²) < 4.78 is 0.